The molecule has 8 heteroatoms. The molecule has 0 fully saturated rings. The van der Waals surface area contributed by atoms with Crippen molar-refractivity contribution in [2.75, 3.05) is 20.8 Å². The van der Waals surface area contributed by atoms with Crippen LogP contribution in [0.15, 0.2) is 46.6 Å². The van der Waals surface area contributed by atoms with Crippen LogP contribution < -0.4 is 16.0 Å². The second-order valence-electron chi connectivity index (χ2n) is 6.37. The molecule has 0 saturated carbocycles. The summed E-state index contributed by atoms with van der Waals surface area (Å²) in [6, 6.07) is 8.65. The predicted molar refractivity (Wildman–Crippen MR) is 104 cm³/mol. The van der Waals surface area contributed by atoms with Gasteiger partial charge in [0.15, 0.2) is 0 Å². The highest BCUT2D eigenvalue weighted by atomic mass is 35.5. The Balaban J connectivity index is 2.30. The lowest BCUT2D eigenvalue weighted by Crippen LogP contribution is -2.35. The number of carbonyl (C=O) groups excluding carboxylic acids is 1. The Bertz CT molecular complexity index is 1010. The number of nitrogens with zero attached hydrogens (tertiary/aromatic N) is 1. The van der Waals surface area contributed by atoms with Crippen molar-refractivity contribution in [2.24, 2.45) is 5.73 Å². The van der Waals surface area contributed by atoms with E-state index in [0.717, 1.165) is 0 Å². The molecular formula is C20H21ClN2O5. The average molecular weight is 405 g/mol. The maximum atomic E-state index is 13.4. The van der Waals surface area contributed by atoms with Crippen molar-refractivity contribution >= 4 is 17.6 Å². The average Bonchev–Trinajstić information content (AvgIpc) is 2.66. The zero-order chi connectivity index (χ0) is 20.4. The summed E-state index contributed by atoms with van der Waals surface area (Å²) in [5, 5.41) is 0.472. The Morgan fingerprint density at radius 1 is 1.32 bits per heavy atom. The Kier molecular flexibility index (Phi) is 5.76. The van der Waals surface area contributed by atoms with Crippen LogP contribution in [0.2, 0.25) is 5.02 Å². The van der Waals surface area contributed by atoms with Gasteiger partial charge in [0.05, 0.1) is 25.2 Å². The van der Waals surface area contributed by atoms with Crippen LogP contribution in [0, 0.1) is 6.92 Å². The van der Waals surface area contributed by atoms with Gasteiger partial charge in [0.2, 0.25) is 5.88 Å². The number of ether oxygens (including phenoxy) is 3. The minimum atomic E-state index is -0.767. The van der Waals surface area contributed by atoms with E-state index in [9.17, 15) is 9.59 Å². The molecule has 1 aliphatic rings. The van der Waals surface area contributed by atoms with E-state index >= 15 is 0 Å². The highest BCUT2D eigenvalue weighted by Crippen LogP contribution is 2.41. The summed E-state index contributed by atoms with van der Waals surface area (Å²) in [7, 11) is 2.81. The number of aromatic nitrogens is 1. The number of fused-ring (bicyclic) bond motifs is 1. The lowest BCUT2D eigenvalue weighted by Gasteiger charge is -2.29. The van der Waals surface area contributed by atoms with Gasteiger partial charge in [-0.2, -0.15) is 0 Å². The van der Waals surface area contributed by atoms with Gasteiger partial charge in [-0.15, -0.1) is 0 Å². The van der Waals surface area contributed by atoms with E-state index in [1.807, 2.05) is 0 Å². The lowest BCUT2D eigenvalue weighted by molar-refractivity contribution is -0.136. The number of halogens is 1. The smallest absolute Gasteiger partial charge is 0.340 e. The molecule has 1 aromatic heterocycles. The summed E-state index contributed by atoms with van der Waals surface area (Å²) in [5.41, 5.74) is 7.47. The monoisotopic (exact) mass is 404 g/mol. The summed E-state index contributed by atoms with van der Waals surface area (Å²) in [5.74, 6) is -1.22. The van der Waals surface area contributed by atoms with Gasteiger partial charge in [-0.25, -0.2) is 4.79 Å². The second kappa shape index (κ2) is 8.08. The largest absolute Gasteiger partial charge is 0.465 e. The minimum Gasteiger partial charge on any atom is -0.465 e. The first-order valence-corrected chi connectivity index (χ1v) is 9.01. The first-order valence-electron chi connectivity index (χ1n) is 8.63. The molecule has 2 N–H and O–H groups in total. The van der Waals surface area contributed by atoms with E-state index in [-0.39, 0.29) is 17.0 Å². The number of pyridine rings is 1. The van der Waals surface area contributed by atoms with Crippen LogP contribution in [0.25, 0.3) is 0 Å². The molecule has 0 aliphatic carbocycles. The molecule has 28 heavy (non-hydrogen) atoms. The van der Waals surface area contributed by atoms with Gasteiger partial charge in [0, 0.05) is 30.4 Å². The van der Waals surface area contributed by atoms with Crippen LogP contribution in [0.5, 0.6) is 5.75 Å². The maximum Gasteiger partial charge on any atom is 0.340 e. The first kappa shape index (κ1) is 20.0. The van der Waals surface area contributed by atoms with E-state index in [1.165, 1.54) is 7.11 Å². The van der Waals surface area contributed by atoms with E-state index in [4.69, 9.17) is 31.5 Å². The maximum absolute atomic E-state index is 13.4. The molecule has 2 aromatic rings. The summed E-state index contributed by atoms with van der Waals surface area (Å²) in [6.07, 6.45) is 0. The standard InChI is InChI=1S/C20H21ClN2O5/c1-11-9-14-16(19(24)23(11)7-8-26-2)15(12-5-4-6-13(21)10-12)17(18(22)28-14)20(25)27-3/h4-6,9-10,15H,7-8,22H2,1-3H3. The van der Waals surface area contributed by atoms with Gasteiger partial charge < -0.3 is 24.5 Å². The quantitative estimate of drug-likeness (QED) is 0.769. The van der Waals surface area contributed by atoms with Crippen molar-refractivity contribution in [2.45, 2.75) is 19.4 Å². The fraction of sp³-hybridized carbons (Fsp3) is 0.300. The normalized spacial score (nSPS) is 15.8. The van der Waals surface area contributed by atoms with Crippen LogP contribution in [0.3, 0.4) is 0 Å². The number of esters is 1. The van der Waals surface area contributed by atoms with Gasteiger partial charge in [-0.3, -0.25) is 4.79 Å². The molecule has 2 heterocycles. The number of aryl methyl sites for hydroxylation is 1. The third-order valence-corrected chi connectivity index (χ3v) is 4.91. The second-order valence-corrected chi connectivity index (χ2v) is 6.81. The van der Waals surface area contributed by atoms with Crippen molar-refractivity contribution in [1.29, 1.82) is 0 Å². The molecule has 1 aromatic carbocycles. The zero-order valence-corrected chi connectivity index (χ0v) is 16.6. The highest BCUT2D eigenvalue weighted by molar-refractivity contribution is 6.30. The Morgan fingerprint density at radius 3 is 2.71 bits per heavy atom. The topological polar surface area (TPSA) is 92.8 Å². The van der Waals surface area contributed by atoms with Gasteiger partial charge in [-0.05, 0) is 24.6 Å². The van der Waals surface area contributed by atoms with Gasteiger partial charge in [0.1, 0.15) is 11.3 Å². The Hall–Kier alpha value is -2.77. The van der Waals surface area contributed by atoms with Gasteiger partial charge in [0.25, 0.3) is 5.56 Å². The fourth-order valence-corrected chi connectivity index (χ4v) is 3.57. The number of methoxy groups -OCH3 is 2. The molecule has 0 radical (unpaired) electrons. The van der Waals surface area contributed by atoms with Crippen molar-refractivity contribution in [3.8, 4) is 5.75 Å². The van der Waals surface area contributed by atoms with E-state index in [1.54, 1.807) is 48.9 Å². The van der Waals surface area contributed by atoms with Crippen LogP contribution >= 0.6 is 11.6 Å². The number of carbonyl (C=O) groups is 1. The van der Waals surface area contributed by atoms with Crippen LogP contribution in [0.1, 0.15) is 22.7 Å². The number of hydrogen-bond acceptors (Lipinski definition) is 6. The van der Waals surface area contributed by atoms with Crippen LogP contribution in [-0.4, -0.2) is 31.4 Å². The Labute approximate surface area is 167 Å². The van der Waals surface area contributed by atoms with Crippen molar-refractivity contribution in [1.82, 2.24) is 4.57 Å². The number of hydrogen-bond donors (Lipinski definition) is 1. The van der Waals surface area contributed by atoms with Crippen molar-refractivity contribution in [3.63, 3.8) is 0 Å². The van der Waals surface area contributed by atoms with E-state index in [2.05, 4.69) is 0 Å². The molecule has 1 atom stereocenters. The molecule has 0 bridgehead atoms. The molecule has 0 amide bonds. The molecule has 7 nitrogen and oxygen atoms in total. The first-order chi connectivity index (χ1) is 13.4. The van der Waals surface area contributed by atoms with Gasteiger partial charge >= 0.3 is 5.97 Å². The summed E-state index contributed by atoms with van der Waals surface area (Å²) < 4.78 is 17.2. The Morgan fingerprint density at radius 2 is 2.07 bits per heavy atom. The van der Waals surface area contributed by atoms with E-state index < -0.39 is 11.9 Å². The zero-order valence-electron chi connectivity index (χ0n) is 15.8. The summed E-state index contributed by atoms with van der Waals surface area (Å²) >= 11 is 6.16. The number of nitrogens with two attached hydrogens (primary N) is 1. The predicted octanol–water partition coefficient (Wildman–Crippen LogP) is 2.32. The highest BCUT2D eigenvalue weighted by Gasteiger charge is 2.38. The molecule has 1 aliphatic heterocycles. The van der Waals surface area contributed by atoms with Crippen LogP contribution in [-0.2, 0) is 20.8 Å². The van der Waals surface area contributed by atoms with Crippen molar-refractivity contribution in [3.05, 3.63) is 74.0 Å². The molecular weight excluding hydrogens is 384 g/mol. The third-order valence-electron chi connectivity index (χ3n) is 4.68. The SMILES string of the molecule is COCCn1c(C)cc2c(c1=O)C(c1cccc(Cl)c1)C(C(=O)OC)=C(N)O2. The molecule has 1 unspecified atom stereocenters. The minimum absolute atomic E-state index is 0.0662. The summed E-state index contributed by atoms with van der Waals surface area (Å²) in [4.78, 5) is 25.8. The lowest BCUT2D eigenvalue weighted by atomic mass is 9.83. The summed E-state index contributed by atoms with van der Waals surface area (Å²) in [6.45, 7) is 2.53. The molecule has 148 valence electrons. The number of rotatable bonds is 5. The van der Waals surface area contributed by atoms with Gasteiger partial charge in [-0.1, -0.05) is 23.7 Å². The molecule has 0 spiro atoms. The third kappa shape index (κ3) is 3.50. The van der Waals surface area contributed by atoms with E-state index in [0.29, 0.717) is 40.7 Å². The molecule has 0 saturated heterocycles. The van der Waals surface area contributed by atoms with Crippen molar-refractivity contribution < 1.29 is 19.0 Å². The fourth-order valence-electron chi connectivity index (χ4n) is 3.37. The number of benzene rings is 1. The van der Waals surface area contributed by atoms with Crippen LogP contribution in [0.4, 0.5) is 0 Å². The molecule has 3 rings (SSSR count).